The topological polar surface area (TPSA) is 47.3 Å². The maximum Gasteiger partial charge on any atom is 0.419 e. The zero-order valence-electron chi connectivity index (χ0n) is 10.6. The van der Waals surface area contributed by atoms with Gasteiger partial charge in [-0.15, -0.1) is 0 Å². The average Bonchev–Trinajstić information content (AvgIpc) is 2.29. The van der Waals surface area contributed by atoms with Gasteiger partial charge in [0.2, 0.25) is 0 Å². The van der Waals surface area contributed by atoms with Gasteiger partial charge in [0.15, 0.2) is 0 Å². The van der Waals surface area contributed by atoms with Crippen molar-refractivity contribution in [2.24, 2.45) is 5.84 Å². The molecule has 1 aromatic carbocycles. The van der Waals surface area contributed by atoms with Crippen LogP contribution >= 0.6 is 0 Å². The second kappa shape index (κ2) is 6.31. The number of benzene rings is 1. The van der Waals surface area contributed by atoms with E-state index in [1.165, 1.54) is 6.07 Å². The Morgan fingerprint density at radius 1 is 1.32 bits per heavy atom. The predicted molar refractivity (Wildman–Crippen MR) is 62.6 cm³/mol. The third-order valence-electron chi connectivity index (χ3n) is 2.50. The summed E-state index contributed by atoms with van der Waals surface area (Å²) in [6.07, 6.45) is -4.82. The molecule has 1 unspecified atom stereocenters. The second-order valence-corrected chi connectivity index (χ2v) is 4.34. The van der Waals surface area contributed by atoms with Gasteiger partial charge in [0.25, 0.3) is 0 Å². The molecule has 19 heavy (non-hydrogen) atoms. The molecule has 0 spiro atoms. The molecule has 7 heteroatoms. The summed E-state index contributed by atoms with van der Waals surface area (Å²) in [5, 5.41) is 0. The van der Waals surface area contributed by atoms with Crippen molar-refractivity contribution in [3.05, 3.63) is 35.1 Å². The quantitative estimate of drug-likeness (QED) is 0.495. The minimum Gasteiger partial charge on any atom is -0.377 e. The normalized spacial score (nSPS) is 13.9. The molecule has 0 saturated carbocycles. The molecule has 0 amide bonds. The lowest BCUT2D eigenvalue weighted by molar-refractivity contribution is -0.140. The molecule has 0 heterocycles. The fourth-order valence-electron chi connectivity index (χ4n) is 1.51. The summed E-state index contributed by atoms with van der Waals surface area (Å²) < 4.78 is 56.2. The summed E-state index contributed by atoms with van der Waals surface area (Å²) in [4.78, 5) is 0. The molecule has 0 aliphatic heterocycles. The smallest absolute Gasteiger partial charge is 0.377 e. The molecular weight excluding hydrogens is 264 g/mol. The number of rotatable bonds is 5. The molecule has 0 saturated heterocycles. The summed E-state index contributed by atoms with van der Waals surface area (Å²) >= 11 is 0. The van der Waals surface area contributed by atoms with Crippen molar-refractivity contribution in [1.82, 2.24) is 5.43 Å². The van der Waals surface area contributed by atoms with E-state index in [0.29, 0.717) is 0 Å². The van der Waals surface area contributed by atoms with E-state index >= 15 is 0 Å². The van der Waals surface area contributed by atoms with E-state index in [1.807, 2.05) is 0 Å². The Balaban J connectivity index is 2.99. The van der Waals surface area contributed by atoms with Crippen molar-refractivity contribution in [3.63, 3.8) is 0 Å². The maximum absolute atomic E-state index is 13.1. The Labute approximate surface area is 108 Å². The summed E-state index contributed by atoms with van der Waals surface area (Å²) in [6, 6.07) is 2.13. The van der Waals surface area contributed by atoms with Gasteiger partial charge >= 0.3 is 6.18 Å². The molecule has 3 N–H and O–H groups in total. The molecule has 3 nitrogen and oxygen atoms in total. The van der Waals surface area contributed by atoms with Gasteiger partial charge in [-0.25, -0.2) is 4.39 Å². The number of nitrogens with one attached hydrogen (secondary N) is 1. The number of ether oxygens (including phenoxy) is 1. The molecule has 1 aromatic rings. The van der Waals surface area contributed by atoms with Gasteiger partial charge in [-0.1, -0.05) is 6.07 Å². The van der Waals surface area contributed by atoms with Crippen molar-refractivity contribution in [1.29, 1.82) is 0 Å². The molecule has 1 rings (SSSR count). The first-order valence-corrected chi connectivity index (χ1v) is 5.70. The van der Waals surface area contributed by atoms with Crippen LogP contribution in [0.5, 0.6) is 0 Å². The van der Waals surface area contributed by atoms with Crippen molar-refractivity contribution in [2.45, 2.75) is 32.2 Å². The summed E-state index contributed by atoms with van der Waals surface area (Å²) in [5.41, 5.74) is 1.27. The third-order valence-corrected chi connectivity index (χ3v) is 2.50. The van der Waals surface area contributed by atoms with Crippen molar-refractivity contribution in [3.8, 4) is 0 Å². The van der Waals surface area contributed by atoms with Gasteiger partial charge in [0.1, 0.15) is 5.82 Å². The van der Waals surface area contributed by atoms with Gasteiger partial charge in [-0.2, -0.15) is 13.2 Å². The fourth-order valence-corrected chi connectivity index (χ4v) is 1.51. The van der Waals surface area contributed by atoms with Crippen LogP contribution in [0.4, 0.5) is 17.6 Å². The van der Waals surface area contributed by atoms with Crippen molar-refractivity contribution >= 4 is 0 Å². The van der Waals surface area contributed by atoms with Crippen LogP contribution in [0.15, 0.2) is 18.2 Å². The molecule has 0 fully saturated rings. The van der Waals surface area contributed by atoms with Gasteiger partial charge in [0.05, 0.1) is 24.3 Å². The van der Waals surface area contributed by atoms with E-state index in [2.05, 4.69) is 5.43 Å². The SMILES string of the molecule is CC(C)OCC(NN)c1ccc(F)c(C(F)(F)F)c1. The molecule has 108 valence electrons. The minimum absolute atomic E-state index is 0.0848. The van der Waals surface area contributed by atoms with Gasteiger partial charge in [0, 0.05) is 0 Å². The fraction of sp³-hybridized carbons (Fsp3) is 0.500. The highest BCUT2D eigenvalue weighted by Gasteiger charge is 2.34. The average molecular weight is 280 g/mol. The Morgan fingerprint density at radius 2 is 1.95 bits per heavy atom. The molecule has 0 radical (unpaired) electrons. The Kier molecular flexibility index (Phi) is 5.28. The van der Waals surface area contributed by atoms with E-state index in [9.17, 15) is 17.6 Å². The van der Waals surface area contributed by atoms with E-state index in [0.717, 1.165) is 12.1 Å². The first-order chi connectivity index (χ1) is 8.75. The largest absolute Gasteiger partial charge is 0.419 e. The number of hydrogen-bond acceptors (Lipinski definition) is 3. The summed E-state index contributed by atoms with van der Waals surface area (Å²) in [6.45, 7) is 3.68. The van der Waals surface area contributed by atoms with E-state index in [-0.39, 0.29) is 18.3 Å². The molecular formula is C12H16F4N2O. The Morgan fingerprint density at radius 3 is 2.42 bits per heavy atom. The number of hydrazine groups is 1. The lowest BCUT2D eigenvalue weighted by Gasteiger charge is -2.19. The monoisotopic (exact) mass is 280 g/mol. The van der Waals surface area contributed by atoms with Crippen LogP contribution in [0.2, 0.25) is 0 Å². The van der Waals surface area contributed by atoms with Crippen LogP contribution < -0.4 is 11.3 Å². The van der Waals surface area contributed by atoms with Crippen molar-refractivity contribution < 1.29 is 22.3 Å². The van der Waals surface area contributed by atoms with E-state index in [4.69, 9.17) is 10.6 Å². The van der Waals surface area contributed by atoms with Gasteiger partial charge < -0.3 is 4.74 Å². The molecule has 1 atom stereocenters. The highest BCUT2D eigenvalue weighted by molar-refractivity contribution is 5.29. The van der Waals surface area contributed by atoms with Crippen LogP contribution in [0, 0.1) is 5.82 Å². The number of alkyl halides is 3. The van der Waals surface area contributed by atoms with Crippen molar-refractivity contribution in [2.75, 3.05) is 6.61 Å². The van der Waals surface area contributed by atoms with Gasteiger partial charge in [-0.3, -0.25) is 11.3 Å². The van der Waals surface area contributed by atoms with E-state index in [1.54, 1.807) is 13.8 Å². The molecule has 0 aromatic heterocycles. The van der Waals surface area contributed by atoms with Crippen LogP contribution in [0.1, 0.15) is 31.0 Å². The zero-order chi connectivity index (χ0) is 14.6. The lowest BCUT2D eigenvalue weighted by atomic mass is 10.0. The maximum atomic E-state index is 13.1. The first-order valence-electron chi connectivity index (χ1n) is 5.70. The van der Waals surface area contributed by atoms with Gasteiger partial charge in [-0.05, 0) is 31.5 Å². The van der Waals surface area contributed by atoms with E-state index < -0.39 is 23.6 Å². The van der Waals surface area contributed by atoms with Crippen LogP contribution in [0.3, 0.4) is 0 Å². The minimum atomic E-state index is -4.74. The first kappa shape index (κ1) is 15.9. The number of hydrogen-bond donors (Lipinski definition) is 2. The highest BCUT2D eigenvalue weighted by atomic mass is 19.4. The molecule has 0 aliphatic rings. The Bertz CT molecular complexity index is 421. The second-order valence-electron chi connectivity index (χ2n) is 4.34. The number of nitrogens with two attached hydrogens (primary N) is 1. The molecule has 0 aliphatic carbocycles. The zero-order valence-corrected chi connectivity index (χ0v) is 10.6. The standard InChI is InChI=1S/C12H16F4N2O/c1-7(2)19-6-11(18-17)8-3-4-10(13)9(5-8)12(14,15)16/h3-5,7,11,18H,6,17H2,1-2H3. The summed E-state index contributed by atoms with van der Waals surface area (Å²) in [5.74, 6) is 3.97. The predicted octanol–water partition coefficient (Wildman–Crippen LogP) is 2.77. The number of halogens is 4. The third kappa shape index (κ3) is 4.45. The summed E-state index contributed by atoms with van der Waals surface area (Å²) in [7, 11) is 0. The Hall–Kier alpha value is -1.18. The highest BCUT2D eigenvalue weighted by Crippen LogP contribution is 2.33. The van der Waals surface area contributed by atoms with Crippen LogP contribution in [-0.4, -0.2) is 12.7 Å². The molecule has 0 bridgehead atoms. The van der Waals surface area contributed by atoms with Crippen LogP contribution in [0.25, 0.3) is 0 Å². The van der Waals surface area contributed by atoms with Crippen LogP contribution in [-0.2, 0) is 10.9 Å². The lowest BCUT2D eigenvalue weighted by Crippen LogP contribution is -2.32.